The highest BCUT2D eigenvalue weighted by Gasteiger charge is 2.03. The van der Waals surface area contributed by atoms with Gasteiger partial charge in [-0.2, -0.15) is 5.26 Å². The lowest BCUT2D eigenvalue weighted by Gasteiger charge is -2.08. The van der Waals surface area contributed by atoms with Crippen molar-refractivity contribution in [1.82, 2.24) is 0 Å². The molecular formula is C18H18N2O3. The van der Waals surface area contributed by atoms with Gasteiger partial charge in [0.25, 0.3) is 0 Å². The Balaban J connectivity index is 1.68. The molecule has 2 aromatic rings. The SMILES string of the molecule is COc1ccc(OCCCC(=O)Nc2ccc(C#N)cc2)cc1. The number of anilines is 1. The lowest BCUT2D eigenvalue weighted by atomic mass is 10.2. The molecule has 0 unspecified atom stereocenters. The number of methoxy groups -OCH3 is 1. The molecule has 5 heteroatoms. The van der Waals surface area contributed by atoms with Gasteiger partial charge >= 0.3 is 0 Å². The lowest BCUT2D eigenvalue weighted by molar-refractivity contribution is -0.116. The topological polar surface area (TPSA) is 71.3 Å². The Kier molecular flexibility index (Phi) is 6.01. The van der Waals surface area contributed by atoms with E-state index in [1.165, 1.54) is 0 Å². The number of amides is 1. The number of nitrogens with zero attached hydrogens (tertiary/aromatic N) is 1. The summed E-state index contributed by atoms with van der Waals surface area (Å²) in [6.45, 7) is 0.465. The van der Waals surface area contributed by atoms with Gasteiger partial charge in [-0.25, -0.2) is 0 Å². The summed E-state index contributed by atoms with van der Waals surface area (Å²) in [6, 6.07) is 16.1. The Morgan fingerprint density at radius 1 is 1.09 bits per heavy atom. The summed E-state index contributed by atoms with van der Waals surface area (Å²) in [5.74, 6) is 1.45. The second-order valence-corrected chi connectivity index (χ2v) is 4.86. The van der Waals surface area contributed by atoms with Crippen LogP contribution in [0.15, 0.2) is 48.5 Å². The molecule has 0 atom stereocenters. The number of nitriles is 1. The smallest absolute Gasteiger partial charge is 0.224 e. The zero-order valence-electron chi connectivity index (χ0n) is 12.9. The molecule has 0 heterocycles. The molecule has 1 N–H and O–H groups in total. The fraction of sp³-hybridized carbons (Fsp3) is 0.222. The minimum atomic E-state index is -0.0759. The molecule has 0 bridgehead atoms. The van der Waals surface area contributed by atoms with Crippen LogP contribution in [0, 0.1) is 11.3 Å². The van der Waals surface area contributed by atoms with Gasteiger partial charge in [0.2, 0.25) is 5.91 Å². The maximum absolute atomic E-state index is 11.8. The largest absolute Gasteiger partial charge is 0.497 e. The van der Waals surface area contributed by atoms with Gasteiger partial charge in [-0.15, -0.1) is 0 Å². The molecule has 0 saturated heterocycles. The van der Waals surface area contributed by atoms with Gasteiger partial charge in [-0.3, -0.25) is 4.79 Å². The Bertz CT molecular complexity index is 673. The predicted molar refractivity (Wildman–Crippen MR) is 87.5 cm³/mol. The third-order valence-electron chi connectivity index (χ3n) is 3.17. The highest BCUT2D eigenvalue weighted by atomic mass is 16.5. The molecule has 0 aromatic heterocycles. The molecule has 23 heavy (non-hydrogen) atoms. The minimum absolute atomic E-state index is 0.0759. The number of benzene rings is 2. The second-order valence-electron chi connectivity index (χ2n) is 4.86. The molecule has 2 aromatic carbocycles. The summed E-state index contributed by atoms with van der Waals surface area (Å²) in [5.41, 5.74) is 1.25. The molecule has 5 nitrogen and oxygen atoms in total. The third kappa shape index (κ3) is 5.36. The molecule has 0 radical (unpaired) electrons. The van der Waals surface area contributed by atoms with Crippen LogP contribution in [-0.2, 0) is 4.79 Å². The Morgan fingerprint density at radius 2 is 1.74 bits per heavy atom. The molecule has 0 aliphatic heterocycles. The van der Waals surface area contributed by atoms with Gasteiger partial charge in [0, 0.05) is 12.1 Å². The van der Waals surface area contributed by atoms with Crippen molar-refractivity contribution in [2.45, 2.75) is 12.8 Å². The van der Waals surface area contributed by atoms with Crippen LogP contribution in [0.5, 0.6) is 11.5 Å². The molecule has 0 aliphatic carbocycles. The third-order valence-corrected chi connectivity index (χ3v) is 3.17. The predicted octanol–water partition coefficient (Wildman–Crippen LogP) is 3.36. The van der Waals surface area contributed by atoms with E-state index in [1.807, 2.05) is 30.3 Å². The van der Waals surface area contributed by atoms with E-state index < -0.39 is 0 Å². The van der Waals surface area contributed by atoms with Crippen LogP contribution in [0.1, 0.15) is 18.4 Å². The summed E-state index contributed by atoms with van der Waals surface area (Å²) in [7, 11) is 1.61. The van der Waals surface area contributed by atoms with Crippen molar-refractivity contribution in [2.24, 2.45) is 0 Å². The van der Waals surface area contributed by atoms with Gasteiger partial charge in [0.1, 0.15) is 11.5 Å². The number of hydrogen-bond donors (Lipinski definition) is 1. The normalized spacial score (nSPS) is 9.74. The van der Waals surface area contributed by atoms with Gasteiger partial charge in [0.05, 0.1) is 25.3 Å². The minimum Gasteiger partial charge on any atom is -0.497 e. The van der Waals surface area contributed by atoms with Crippen molar-refractivity contribution in [3.63, 3.8) is 0 Å². The average Bonchev–Trinajstić information content (AvgIpc) is 2.60. The van der Waals surface area contributed by atoms with Crippen molar-refractivity contribution < 1.29 is 14.3 Å². The van der Waals surface area contributed by atoms with E-state index in [0.717, 1.165) is 11.5 Å². The quantitative estimate of drug-likeness (QED) is 0.796. The van der Waals surface area contributed by atoms with Crippen LogP contribution in [-0.4, -0.2) is 19.6 Å². The van der Waals surface area contributed by atoms with Crippen LogP contribution in [0.4, 0.5) is 5.69 Å². The summed E-state index contributed by atoms with van der Waals surface area (Å²) in [4.78, 5) is 11.8. The Hall–Kier alpha value is -3.00. The van der Waals surface area contributed by atoms with Crippen molar-refractivity contribution >= 4 is 11.6 Å². The summed E-state index contributed by atoms with van der Waals surface area (Å²) in [6.07, 6.45) is 0.990. The van der Waals surface area contributed by atoms with Crippen molar-refractivity contribution in [3.05, 3.63) is 54.1 Å². The summed E-state index contributed by atoms with van der Waals surface area (Å²) >= 11 is 0. The zero-order valence-corrected chi connectivity index (χ0v) is 12.9. The molecule has 2 rings (SSSR count). The van der Waals surface area contributed by atoms with E-state index in [2.05, 4.69) is 5.32 Å². The van der Waals surface area contributed by atoms with Crippen LogP contribution in [0.3, 0.4) is 0 Å². The molecular weight excluding hydrogens is 292 g/mol. The molecule has 0 spiro atoms. The standard InChI is InChI=1S/C18H18N2O3/c1-22-16-8-10-17(11-9-16)23-12-2-3-18(21)20-15-6-4-14(13-19)5-7-15/h4-11H,2-3,12H2,1H3,(H,20,21). The van der Waals surface area contributed by atoms with Crippen molar-refractivity contribution in [3.8, 4) is 17.6 Å². The van der Waals surface area contributed by atoms with Gasteiger partial charge < -0.3 is 14.8 Å². The first-order valence-corrected chi connectivity index (χ1v) is 7.28. The monoisotopic (exact) mass is 310 g/mol. The van der Waals surface area contributed by atoms with E-state index in [4.69, 9.17) is 14.7 Å². The second kappa shape index (κ2) is 8.44. The molecule has 0 fully saturated rings. The number of hydrogen-bond acceptors (Lipinski definition) is 4. The Labute approximate surface area is 135 Å². The zero-order chi connectivity index (χ0) is 16.5. The molecule has 118 valence electrons. The van der Waals surface area contributed by atoms with E-state index in [0.29, 0.717) is 30.7 Å². The van der Waals surface area contributed by atoms with E-state index in [9.17, 15) is 4.79 Å². The lowest BCUT2D eigenvalue weighted by Crippen LogP contribution is -2.12. The van der Waals surface area contributed by atoms with Crippen LogP contribution >= 0.6 is 0 Å². The number of rotatable bonds is 7. The summed E-state index contributed by atoms with van der Waals surface area (Å²) < 4.78 is 10.6. The number of carbonyl (C=O) groups is 1. The fourth-order valence-electron chi connectivity index (χ4n) is 1.95. The van der Waals surface area contributed by atoms with Crippen molar-refractivity contribution in [2.75, 3.05) is 19.0 Å². The fourth-order valence-corrected chi connectivity index (χ4v) is 1.95. The van der Waals surface area contributed by atoms with Gasteiger partial charge in [-0.05, 0) is 55.0 Å². The van der Waals surface area contributed by atoms with E-state index in [-0.39, 0.29) is 5.91 Å². The summed E-state index contributed by atoms with van der Waals surface area (Å²) in [5, 5.41) is 11.5. The number of ether oxygens (including phenoxy) is 2. The van der Waals surface area contributed by atoms with Crippen molar-refractivity contribution in [1.29, 1.82) is 5.26 Å². The number of carbonyl (C=O) groups excluding carboxylic acids is 1. The van der Waals surface area contributed by atoms with Gasteiger partial charge in [-0.1, -0.05) is 0 Å². The van der Waals surface area contributed by atoms with E-state index >= 15 is 0 Å². The first kappa shape index (κ1) is 16.4. The van der Waals surface area contributed by atoms with Crippen LogP contribution < -0.4 is 14.8 Å². The molecule has 1 amide bonds. The van der Waals surface area contributed by atoms with Crippen LogP contribution in [0.2, 0.25) is 0 Å². The highest BCUT2D eigenvalue weighted by Crippen LogP contribution is 2.17. The van der Waals surface area contributed by atoms with E-state index in [1.54, 1.807) is 31.4 Å². The average molecular weight is 310 g/mol. The van der Waals surface area contributed by atoms with Gasteiger partial charge in [0.15, 0.2) is 0 Å². The Morgan fingerprint density at radius 3 is 2.35 bits per heavy atom. The maximum Gasteiger partial charge on any atom is 0.224 e. The maximum atomic E-state index is 11.8. The number of nitrogens with one attached hydrogen (secondary N) is 1. The molecule has 0 saturated carbocycles. The first-order valence-electron chi connectivity index (χ1n) is 7.28. The molecule has 0 aliphatic rings. The first-order chi connectivity index (χ1) is 11.2. The van der Waals surface area contributed by atoms with Crippen LogP contribution in [0.25, 0.3) is 0 Å². The highest BCUT2D eigenvalue weighted by molar-refractivity contribution is 5.90.